The van der Waals surface area contributed by atoms with E-state index in [4.69, 9.17) is 18.9 Å². The Bertz CT molecular complexity index is 992. The first-order valence-electron chi connectivity index (χ1n) is 12.7. The van der Waals surface area contributed by atoms with E-state index in [1.54, 1.807) is 0 Å². The van der Waals surface area contributed by atoms with Gasteiger partial charge in [-0.2, -0.15) is 0 Å². The fourth-order valence-corrected chi connectivity index (χ4v) is 7.36. The molecule has 0 saturated heterocycles. The number of rotatable bonds is 4. The average Bonchev–Trinajstić information content (AvgIpc) is 2.66. The van der Waals surface area contributed by atoms with Crippen LogP contribution in [-0.4, -0.2) is 48.3 Å². The molecule has 0 amide bonds. The third-order valence-corrected chi connectivity index (χ3v) is 8.33. The molecule has 3 aliphatic rings. The van der Waals surface area contributed by atoms with Crippen LogP contribution in [0.5, 0.6) is 0 Å². The van der Waals surface area contributed by atoms with E-state index in [-0.39, 0.29) is 5.97 Å². The summed E-state index contributed by atoms with van der Waals surface area (Å²) in [7, 11) is 0. The number of hydrogen-bond donors (Lipinski definition) is 0. The molecule has 0 aromatic heterocycles. The van der Waals surface area contributed by atoms with E-state index in [1.807, 2.05) is 20.8 Å². The van der Waals surface area contributed by atoms with Gasteiger partial charge in [0.2, 0.25) is 0 Å². The summed E-state index contributed by atoms with van der Waals surface area (Å²) in [4.78, 5) is 48.8. The Labute approximate surface area is 213 Å². The zero-order valence-corrected chi connectivity index (χ0v) is 22.8. The van der Waals surface area contributed by atoms with Gasteiger partial charge in [-0.25, -0.2) is 0 Å². The molecule has 0 unspecified atom stereocenters. The van der Waals surface area contributed by atoms with Crippen molar-refractivity contribution in [2.75, 3.05) is 0 Å². The maximum absolute atomic E-state index is 12.5. The second-order valence-electron chi connectivity index (χ2n) is 11.5. The highest BCUT2D eigenvalue weighted by atomic mass is 16.6. The molecule has 0 aromatic rings. The molecule has 200 valence electrons. The molecule has 0 spiro atoms. The van der Waals surface area contributed by atoms with Gasteiger partial charge in [0.05, 0.1) is 0 Å². The van der Waals surface area contributed by atoms with Crippen molar-refractivity contribution in [3.63, 3.8) is 0 Å². The first kappa shape index (κ1) is 27.9. The molecule has 3 rings (SSSR count). The summed E-state index contributed by atoms with van der Waals surface area (Å²) in [6.07, 6.45) is -0.148. The largest absolute Gasteiger partial charge is 0.462 e. The number of ether oxygens (including phenoxy) is 4. The molecule has 7 atom stereocenters. The summed E-state index contributed by atoms with van der Waals surface area (Å²) in [6, 6.07) is 0. The van der Waals surface area contributed by atoms with E-state index in [9.17, 15) is 19.2 Å². The van der Waals surface area contributed by atoms with E-state index in [1.165, 1.54) is 27.7 Å². The van der Waals surface area contributed by atoms with Crippen LogP contribution in [0, 0.1) is 22.7 Å². The number of esters is 4. The maximum Gasteiger partial charge on any atom is 0.303 e. The van der Waals surface area contributed by atoms with Crippen molar-refractivity contribution < 1.29 is 38.1 Å². The van der Waals surface area contributed by atoms with E-state index in [0.29, 0.717) is 31.3 Å². The van der Waals surface area contributed by atoms with E-state index >= 15 is 0 Å². The molecule has 36 heavy (non-hydrogen) atoms. The number of hydrogen-bond acceptors (Lipinski definition) is 8. The van der Waals surface area contributed by atoms with E-state index < -0.39 is 65.0 Å². The highest BCUT2D eigenvalue weighted by molar-refractivity contribution is 5.68. The van der Waals surface area contributed by atoms with Gasteiger partial charge in [0, 0.05) is 46.0 Å². The lowest BCUT2D eigenvalue weighted by Crippen LogP contribution is -2.60. The fourth-order valence-electron chi connectivity index (χ4n) is 7.36. The van der Waals surface area contributed by atoms with Gasteiger partial charge in [0.25, 0.3) is 0 Å². The van der Waals surface area contributed by atoms with E-state index in [2.05, 4.69) is 13.5 Å². The second-order valence-corrected chi connectivity index (χ2v) is 11.5. The topological polar surface area (TPSA) is 105 Å². The average molecular weight is 505 g/mol. The van der Waals surface area contributed by atoms with Crippen molar-refractivity contribution in [3.05, 3.63) is 23.3 Å². The Hall–Kier alpha value is -2.64. The first-order chi connectivity index (χ1) is 16.6. The van der Waals surface area contributed by atoms with Gasteiger partial charge in [-0.05, 0) is 48.2 Å². The van der Waals surface area contributed by atoms with Gasteiger partial charge in [-0.15, -0.1) is 0 Å². The van der Waals surface area contributed by atoms with Crippen LogP contribution in [0.2, 0.25) is 0 Å². The molecule has 0 radical (unpaired) electrons. The Morgan fingerprint density at radius 1 is 0.833 bits per heavy atom. The monoisotopic (exact) mass is 504 g/mol. The van der Waals surface area contributed by atoms with Gasteiger partial charge in [-0.3, -0.25) is 19.2 Å². The molecule has 3 aliphatic carbocycles. The summed E-state index contributed by atoms with van der Waals surface area (Å²) < 4.78 is 23.6. The first-order valence-corrected chi connectivity index (χ1v) is 12.7. The van der Waals surface area contributed by atoms with Crippen molar-refractivity contribution in [2.24, 2.45) is 22.7 Å². The number of fused-ring (bicyclic) bond motifs is 3. The molecule has 8 heteroatoms. The van der Waals surface area contributed by atoms with Crippen molar-refractivity contribution in [1.82, 2.24) is 0 Å². The van der Waals surface area contributed by atoms with Crippen LogP contribution < -0.4 is 0 Å². The Morgan fingerprint density at radius 3 is 1.89 bits per heavy atom. The predicted molar refractivity (Wildman–Crippen MR) is 131 cm³/mol. The molecule has 0 N–H and O–H groups in total. The minimum Gasteiger partial charge on any atom is -0.462 e. The summed E-state index contributed by atoms with van der Waals surface area (Å²) in [5.41, 5.74) is 1.50. The van der Waals surface area contributed by atoms with Gasteiger partial charge in [-0.1, -0.05) is 32.9 Å². The van der Waals surface area contributed by atoms with Crippen LogP contribution in [0.3, 0.4) is 0 Å². The third kappa shape index (κ3) is 5.23. The van der Waals surface area contributed by atoms with Gasteiger partial charge in [0.15, 0.2) is 0 Å². The SMILES string of the molecule is C=C1[C@@H](OC(C)=O)CC[C@@]2(C)C[C@H](OC(C)=O)C3=C(C)C[C@H](OC(C)=O)[C@@H]([C@@H](OC(C)=O)[C@H]12)C3(C)C. The Balaban J connectivity index is 2.29. The van der Waals surface area contributed by atoms with Crippen molar-refractivity contribution >= 4 is 23.9 Å². The molecule has 0 heterocycles. The molecular weight excluding hydrogens is 464 g/mol. The summed E-state index contributed by atoms with van der Waals surface area (Å²) in [5.74, 6) is -2.52. The standard InChI is InChI=1S/C28H40O8/c1-14-12-21(34-17(4)30)25-26(36-19(6)32)24-15(2)20(33-16(3)29)10-11-28(24,9)13-22(35-18(5)31)23(14)27(25,7)8/h20-22,24-26H,2,10-13H2,1,3-9H3/t20-,21-,22-,24-,25-,26-,28-/m0/s1. The molecule has 2 bridgehead atoms. The minimum atomic E-state index is -0.695. The minimum absolute atomic E-state index is 0.376. The molecular formula is C28H40O8. The molecule has 0 aromatic carbocycles. The van der Waals surface area contributed by atoms with E-state index in [0.717, 1.165) is 11.1 Å². The second kappa shape index (κ2) is 10.0. The van der Waals surface area contributed by atoms with Gasteiger partial charge < -0.3 is 18.9 Å². The Kier molecular flexibility index (Phi) is 7.78. The third-order valence-electron chi connectivity index (χ3n) is 8.33. The van der Waals surface area contributed by atoms with Crippen LogP contribution in [-0.2, 0) is 38.1 Å². The van der Waals surface area contributed by atoms with Crippen molar-refractivity contribution in [3.8, 4) is 0 Å². The van der Waals surface area contributed by atoms with Gasteiger partial charge >= 0.3 is 23.9 Å². The van der Waals surface area contributed by atoms with Crippen molar-refractivity contribution in [2.45, 2.75) is 105 Å². The smallest absolute Gasteiger partial charge is 0.303 e. The molecule has 0 aliphatic heterocycles. The predicted octanol–water partition coefficient (Wildman–Crippen LogP) is 4.45. The van der Waals surface area contributed by atoms with Crippen molar-refractivity contribution in [1.29, 1.82) is 0 Å². The zero-order chi connectivity index (χ0) is 27.2. The van der Waals surface area contributed by atoms with Crippen LogP contribution in [0.25, 0.3) is 0 Å². The van der Waals surface area contributed by atoms with Crippen LogP contribution in [0.1, 0.15) is 81.1 Å². The maximum atomic E-state index is 12.5. The highest BCUT2D eigenvalue weighted by Crippen LogP contribution is 2.60. The summed E-state index contributed by atoms with van der Waals surface area (Å²) in [6.45, 7) is 18.0. The molecule has 2 fully saturated rings. The highest BCUT2D eigenvalue weighted by Gasteiger charge is 2.61. The Morgan fingerprint density at radius 2 is 1.36 bits per heavy atom. The zero-order valence-electron chi connectivity index (χ0n) is 22.8. The lowest BCUT2D eigenvalue weighted by Gasteiger charge is -2.58. The molecule has 8 nitrogen and oxygen atoms in total. The van der Waals surface area contributed by atoms with Crippen LogP contribution in [0.4, 0.5) is 0 Å². The molecule has 2 saturated carbocycles. The normalized spacial score (nSPS) is 35.5. The number of carbonyl (C=O) groups is 4. The quantitative estimate of drug-likeness (QED) is 0.314. The van der Waals surface area contributed by atoms with Gasteiger partial charge in [0.1, 0.15) is 24.4 Å². The summed E-state index contributed by atoms with van der Waals surface area (Å²) in [5, 5.41) is 0. The number of carbonyl (C=O) groups excluding carboxylic acids is 4. The summed E-state index contributed by atoms with van der Waals surface area (Å²) >= 11 is 0. The fraction of sp³-hybridized carbons (Fsp3) is 0.714. The van der Waals surface area contributed by atoms with Crippen LogP contribution in [0.15, 0.2) is 23.3 Å². The lowest BCUT2D eigenvalue weighted by molar-refractivity contribution is -0.185. The lowest BCUT2D eigenvalue weighted by atomic mass is 9.50. The van der Waals surface area contributed by atoms with Crippen LogP contribution >= 0.6 is 0 Å².